The smallest absolute Gasteiger partial charge is 0.135 e. The lowest BCUT2D eigenvalue weighted by Gasteiger charge is -2.09. The topological polar surface area (TPSA) is 29.1 Å². The molecule has 1 N–H and O–H groups in total. The summed E-state index contributed by atoms with van der Waals surface area (Å²) < 4.78 is 0. The standard InChI is InChI=1S/C19H31NO.H2/c1-15(2)17-10-12-18(13-11-17)20-14-8-6-5-7-9-19(21)16(3)4;/h10-13,15-16,20H,5-9,14H2,1-4H3;1H. The number of carbonyl (C=O) groups is 1. The normalized spacial score (nSPS) is 11.1. The van der Waals surface area contributed by atoms with E-state index in [1.165, 1.54) is 24.1 Å². The largest absolute Gasteiger partial charge is 0.385 e. The van der Waals surface area contributed by atoms with Gasteiger partial charge in [0.05, 0.1) is 0 Å². The minimum atomic E-state index is 0. The zero-order valence-electron chi connectivity index (χ0n) is 14.1. The lowest BCUT2D eigenvalue weighted by atomic mass is 10.0. The van der Waals surface area contributed by atoms with Crippen LogP contribution in [0.5, 0.6) is 0 Å². The van der Waals surface area contributed by atoms with E-state index < -0.39 is 0 Å². The molecule has 120 valence electrons. The Labute approximate surface area is 131 Å². The highest BCUT2D eigenvalue weighted by molar-refractivity contribution is 5.80. The van der Waals surface area contributed by atoms with Crippen LogP contribution in [0, 0.1) is 5.92 Å². The number of unbranched alkanes of at least 4 members (excludes halogenated alkanes) is 3. The number of ketones is 1. The average molecular weight is 291 g/mol. The van der Waals surface area contributed by atoms with E-state index in [0.717, 1.165) is 25.8 Å². The molecule has 0 saturated carbocycles. The van der Waals surface area contributed by atoms with E-state index in [1.54, 1.807) is 0 Å². The molecule has 0 fully saturated rings. The fourth-order valence-corrected chi connectivity index (χ4v) is 2.29. The summed E-state index contributed by atoms with van der Waals surface area (Å²) in [6, 6.07) is 8.72. The van der Waals surface area contributed by atoms with Gasteiger partial charge in [-0.15, -0.1) is 0 Å². The number of hydrogen-bond donors (Lipinski definition) is 1. The van der Waals surface area contributed by atoms with E-state index in [-0.39, 0.29) is 7.34 Å². The van der Waals surface area contributed by atoms with Crippen molar-refractivity contribution in [1.29, 1.82) is 0 Å². The van der Waals surface area contributed by atoms with Gasteiger partial charge in [-0.3, -0.25) is 4.79 Å². The molecular weight excluding hydrogens is 258 g/mol. The Hall–Kier alpha value is -1.31. The molecule has 2 heteroatoms. The van der Waals surface area contributed by atoms with Gasteiger partial charge in [-0.25, -0.2) is 0 Å². The molecule has 0 spiro atoms. The van der Waals surface area contributed by atoms with Crippen LogP contribution in [0.1, 0.15) is 72.7 Å². The van der Waals surface area contributed by atoms with Crippen molar-refractivity contribution < 1.29 is 6.22 Å². The van der Waals surface area contributed by atoms with Crippen LogP contribution in [0.15, 0.2) is 24.3 Å². The van der Waals surface area contributed by atoms with Gasteiger partial charge in [0.2, 0.25) is 0 Å². The second-order valence-corrected chi connectivity index (χ2v) is 6.49. The summed E-state index contributed by atoms with van der Waals surface area (Å²) in [6.07, 6.45) is 5.32. The van der Waals surface area contributed by atoms with Gasteiger partial charge in [-0.1, -0.05) is 52.7 Å². The number of anilines is 1. The molecule has 0 radical (unpaired) electrons. The van der Waals surface area contributed by atoms with Crippen LogP contribution >= 0.6 is 0 Å². The van der Waals surface area contributed by atoms with E-state index >= 15 is 0 Å². The van der Waals surface area contributed by atoms with E-state index in [2.05, 4.69) is 43.4 Å². The lowest BCUT2D eigenvalue weighted by Crippen LogP contribution is -2.06. The number of carbonyl (C=O) groups excluding carboxylic acids is 1. The maximum absolute atomic E-state index is 11.5. The summed E-state index contributed by atoms with van der Waals surface area (Å²) in [5.74, 6) is 1.19. The van der Waals surface area contributed by atoms with Crippen LogP contribution in [0.2, 0.25) is 0 Å². The number of Topliss-reactive ketones (excluding diaryl/α,β-unsaturated/α-hetero) is 1. The Morgan fingerprint density at radius 1 is 1.00 bits per heavy atom. The Morgan fingerprint density at radius 2 is 1.62 bits per heavy atom. The molecule has 1 rings (SSSR count). The molecule has 0 aliphatic carbocycles. The highest BCUT2D eigenvalue weighted by Gasteiger charge is 2.05. The van der Waals surface area contributed by atoms with E-state index in [4.69, 9.17) is 0 Å². The molecule has 0 unspecified atom stereocenters. The molecule has 0 bridgehead atoms. The zero-order chi connectivity index (χ0) is 15.7. The van der Waals surface area contributed by atoms with Crippen LogP contribution in [-0.2, 0) is 4.79 Å². The molecule has 21 heavy (non-hydrogen) atoms. The molecule has 0 saturated heterocycles. The molecule has 0 aliphatic heterocycles. The van der Waals surface area contributed by atoms with Gasteiger partial charge < -0.3 is 5.32 Å². The van der Waals surface area contributed by atoms with Crippen molar-refractivity contribution in [3.63, 3.8) is 0 Å². The highest BCUT2D eigenvalue weighted by atomic mass is 16.1. The average Bonchev–Trinajstić information content (AvgIpc) is 2.46. The molecule has 0 aromatic heterocycles. The minimum absolute atomic E-state index is 0. The van der Waals surface area contributed by atoms with Crippen LogP contribution in [0.3, 0.4) is 0 Å². The first kappa shape index (κ1) is 17.7. The molecule has 0 amide bonds. The van der Waals surface area contributed by atoms with Crippen LogP contribution in [0.4, 0.5) is 5.69 Å². The molecule has 1 aromatic rings. The van der Waals surface area contributed by atoms with E-state index in [1.807, 2.05) is 13.8 Å². The first-order valence-corrected chi connectivity index (χ1v) is 8.37. The first-order valence-electron chi connectivity index (χ1n) is 8.37. The van der Waals surface area contributed by atoms with Gasteiger partial charge in [-0.2, -0.15) is 0 Å². The maximum Gasteiger partial charge on any atom is 0.135 e. The van der Waals surface area contributed by atoms with Crippen molar-refractivity contribution in [2.24, 2.45) is 5.92 Å². The van der Waals surface area contributed by atoms with Gasteiger partial charge in [-0.05, 0) is 36.5 Å². The van der Waals surface area contributed by atoms with E-state index in [9.17, 15) is 4.79 Å². The van der Waals surface area contributed by atoms with Crippen molar-refractivity contribution in [3.8, 4) is 0 Å². The number of hydrogen-bond acceptors (Lipinski definition) is 2. The Kier molecular flexibility index (Phi) is 8.11. The van der Waals surface area contributed by atoms with Crippen molar-refractivity contribution >= 4 is 11.5 Å². The van der Waals surface area contributed by atoms with Crippen LogP contribution in [0.25, 0.3) is 0 Å². The van der Waals surface area contributed by atoms with Gasteiger partial charge in [0, 0.05) is 26.0 Å². The number of rotatable bonds is 10. The van der Waals surface area contributed by atoms with E-state index in [0.29, 0.717) is 11.7 Å². The summed E-state index contributed by atoms with van der Waals surface area (Å²) in [5.41, 5.74) is 2.59. The van der Waals surface area contributed by atoms with Crippen LogP contribution < -0.4 is 5.32 Å². The second kappa shape index (κ2) is 9.59. The third-order valence-electron chi connectivity index (χ3n) is 3.90. The fourth-order valence-electron chi connectivity index (χ4n) is 2.29. The molecule has 1 aromatic carbocycles. The third-order valence-corrected chi connectivity index (χ3v) is 3.90. The van der Waals surface area contributed by atoms with Crippen molar-refractivity contribution in [1.82, 2.24) is 0 Å². The van der Waals surface area contributed by atoms with Crippen molar-refractivity contribution in [3.05, 3.63) is 29.8 Å². The van der Waals surface area contributed by atoms with Gasteiger partial charge in [0.15, 0.2) is 0 Å². The molecular formula is C19H33NO. The molecule has 2 nitrogen and oxygen atoms in total. The summed E-state index contributed by atoms with van der Waals surface area (Å²) in [5, 5.41) is 3.46. The summed E-state index contributed by atoms with van der Waals surface area (Å²) >= 11 is 0. The quantitative estimate of drug-likeness (QED) is 0.565. The molecule has 0 aliphatic rings. The Morgan fingerprint density at radius 3 is 2.19 bits per heavy atom. The van der Waals surface area contributed by atoms with Crippen LogP contribution in [-0.4, -0.2) is 12.3 Å². The second-order valence-electron chi connectivity index (χ2n) is 6.49. The lowest BCUT2D eigenvalue weighted by molar-refractivity contribution is -0.122. The Bertz CT molecular complexity index is 412. The predicted molar refractivity (Wildman–Crippen MR) is 94.1 cm³/mol. The first-order chi connectivity index (χ1) is 10.0. The summed E-state index contributed by atoms with van der Waals surface area (Å²) in [7, 11) is 0. The summed E-state index contributed by atoms with van der Waals surface area (Å²) in [6.45, 7) is 9.41. The van der Waals surface area contributed by atoms with Gasteiger partial charge >= 0.3 is 0 Å². The third kappa shape index (κ3) is 7.31. The highest BCUT2D eigenvalue weighted by Crippen LogP contribution is 2.17. The van der Waals surface area contributed by atoms with Crippen molar-refractivity contribution in [2.45, 2.75) is 65.7 Å². The molecule has 0 atom stereocenters. The molecule has 0 heterocycles. The number of nitrogens with one attached hydrogen (secondary N) is 1. The Balaban J connectivity index is 0.00000441. The predicted octanol–water partition coefficient (Wildman–Crippen LogP) is 5.64. The van der Waals surface area contributed by atoms with Gasteiger partial charge in [0.1, 0.15) is 5.78 Å². The van der Waals surface area contributed by atoms with Crippen molar-refractivity contribution in [2.75, 3.05) is 11.9 Å². The SMILES string of the molecule is CC(C)C(=O)CCCCCCNc1ccc(C(C)C)cc1.[HH]. The zero-order valence-corrected chi connectivity index (χ0v) is 14.1. The number of benzene rings is 1. The fraction of sp³-hybridized carbons (Fsp3) is 0.632. The minimum Gasteiger partial charge on any atom is -0.385 e. The summed E-state index contributed by atoms with van der Waals surface area (Å²) in [4.78, 5) is 11.5. The monoisotopic (exact) mass is 291 g/mol. The maximum atomic E-state index is 11.5. The van der Waals surface area contributed by atoms with Gasteiger partial charge in [0.25, 0.3) is 0 Å².